The van der Waals surface area contributed by atoms with Gasteiger partial charge in [-0.05, 0) is 12.3 Å². The first kappa shape index (κ1) is 9.97. The summed E-state index contributed by atoms with van der Waals surface area (Å²) < 4.78 is 0. The highest BCUT2D eigenvalue weighted by atomic mass is 79.9. The van der Waals surface area contributed by atoms with Crippen LogP contribution in [0, 0.1) is 23.2 Å². The highest BCUT2D eigenvalue weighted by Crippen LogP contribution is 2.15. The summed E-state index contributed by atoms with van der Waals surface area (Å²) >= 11 is 3.31. The lowest BCUT2D eigenvalue weighted by Crippen LogP contribution is -2.04. The molecule has 2 atom stereocenters. The van der Waals surface area contributed by atoms with Crippen LogP contribution in [-0.4, -0.2) is 5.33 Å². The number of nitrogens with zero attached hydrogens (tertiary/aromatic N) is 1. The molecule has 58 valence electrons. The molecular weight excluding hydrogens is 190 g/mol. The van der Waals surface area contributed by atoms with Crippen LogP contribution < -0.4 is 0 Å². The van der Waals surface area contributed by atoms with Crippen LogP contribution in [-0.2, 0) is 0 Å². The first-order valence-corrected chi connectivity index (χ1v) is 4.82. The Bertz CT molecular complexity index is 117. The van der Waals surface area contributed by atoms with Crippen LogP contribution in [0.3, 0.4) is 0 Å². The van der Waals surface area contributed by atoms with E-state index in [1.54, 1.807) is 0 Å². The molecule has 0 aliphatic carbocycles. The summed E-state index contributed by atoms with van der Waals surface area (Å²) in [6, 6.07) is 2.27. The second kappa shape index (κ2) is 5.73. The Hall–Kier alpha value is -0.0300. The molecule has 10 heavy (non-hydrogen) atoms. The number of hydrogen-bond acceptors (Lipinski definition) is 1. The highest BCUT2D eigenvalue weighted by Gasteiger charge is 2.08. The predicted molar refractivity (Wildman–Crippen MR) is 47.0 cm³/mol. The fourth-order valence-electron chi connectivity index (χ4n) is 0.803. The minimum atomic E-state index is 0.204. The predicted octanol–water partition coefficient (Wildman–Crippen LogP) is 2.96. The van der Waals surface area contributed by atoms with Crippen molar-refractivity contribution in [1.82, 2.24) is 0 Å². The van der Waals surface area contributed by atoms with E-state index in [2.05, 4.69) is 35.8 Å². The van der Waals surface area contributed by atoms with Crippen molar-refractivity contribution in [2.24, 2.45) is 11.8 Å². The fourth-order valence-corrected chi connectivity index (χ4v) is 1.21. The molecule has 0 aromatic heterocycles. The molecule has 0 amide bonds. The third-order valence-electron chi connectivity index (χ3n) is 1.75. The molecule has 0 radical (unpaired) electrons. The SMILES string of the molecule is CCC(C)CC(C#N)CBr. The molecule has 1 nitrogen and oxygen atoms in total. The topological polar surface area (TPSA) is 23.8 Å². The first-order chi connectivity index (χ1) is 4.74. The zero-order chi connectivity index (χ0) is 7.98. The van der Waals surface area contributed by atoms with E-state index in [9.17, 15) is 0 Å². The van der Waals surface area contributed by atoms with Gasteiger partial charge in [-0.2, -0.15) is 5.26 Å². The van der Waals surface area contributed by atoms with Crippen LogP contribution in [0.5, 0.6) is 0 Å². The van der Waals surface area contributed by atoms with Crippen molar-refractivity contribution in [3.05, 3.63) is 0 Å². The van der Waals surface area contributed by atoms with Crippen molar-refractivity contribution in [3.8, 4) is 6.07 Å². The van der Waals surface area contributed by atoms with Crippen molar-refractivity contribution in [2.75, 3.05) is 5.33 Å². The Morgan fingerprint density at radius 3 is 2.50 bits per heavy atom. The lowest BCUT2D eigenvalue weighted by molar-refractivity contribution is 0.465. The monoisotopic (exact) mass is 203 g/mol. The van der Waals surface area contributed by atoms with Crippen LogP contribution in [0.2, 0.25) is 0 Å². The van der Waals surface area contributed by atoms with Crippen molar-refractivity contribution in [1.29, 1.82) is 5.26 Å². The van der Waals surface area contributed by atoms with Gasteiger partial charge in [0.1, 0.15) is 0 Å². The Labute approximate surface area is 71.6 Å². The second-order valence-corrected chi connectivity index (χ2v) is 3.38. The molecule has 0 saturated carbocycles. The van der Waals surface area contributed by atoms with E-state index in [4.69, 9.17) is 5.26 Å². The Kier molecular flexibility index (Phi) is 5.71. The van der Waals surface area contributed by atoms with Gasteiger partial charge in [0.05, 0.1) is 12.0 Å². The minimum Gasteiger partial charge on any atom is -0.198 e. The van der Waals surface area contributed by atoms with Crippen LogP contribution >= 0.6 is 15.9 Å². The zero-order valence-electron chi connectivity index (χ0n) is 6.60. The maximum atomic E-state index is 8.59. The number of hydrogen-bond donors (Lipinski definition) is 0. The molecule has 0 aliphatic rings. The molecule has 0 aromatic carbocycles. The molecule has 0 aromatic rings. The van der Waals surface area contributed by atoms with Crippen LogP contribution in [0.1, 0.15) is 26.7 Å². The molecule has 2 heteroatoms. The fraction of sp³-hybridized carbons (Fsp3) is 0.875. The highest BCUT2D eigenvalue weighted by molar-refractivity contribution is 9.09. The summed E-state index contributed by atoms with van der Waals surface area (Å²) in [6.45, 7) is 4.35. The minimum absolute atomic E-state index is 0.204. The molecule has 2 unspecified atom stereocenters. The third kappa shape index (κ3) is 3.90. The average Bonchev–Trinajstić information content (AvgIpc) is 1.99. The molecular formula is C8H14BrN. The van der Waals surface area contributed by atoms with Gasteiger partial charge in [-0.25, -0.2) is 0 Å². The summed E-state index contributed by atoms with van der Waals surface area (Å²) in [4.78, 5) is 0. The summed E-state index contributed by atoms with van der Waals surface area (Å²) in [5, 5.41) is 9.40. The quantitative estimate of drug-likeness (QED) is 0.646. The largest absolute Gasteiger partial charge is 0.198 e. The van der Waals surface area contributed by atoms with E-state index in [1.165, 1.54) is 6.42 Å². The Morgan fingerprint density at radius 2 is 2.20 bits per heavy atom. The number of rotatable bonds is 4. The molecule has 0 rings (SSSR count). The molecule has 0 spiro atoms. The molecule has 0 heterocycles. The van der Waals surface area contributed by atoms with E-state index in [1.807, 2.05) is 0 Å². The molecule has 0 N–H and O–H groups in total. The van der Waals surface area contributed by atoms with Crippen molar-refractivity contribution < 1.29 is 0 Å². The third-order valence-corrected chi connectivity index (χ3v) is 2.53. The van der Waals surface area contributed by atoms with E-state index >= 15 is 0 Å². The van der Waals surface area contributed by atoms with Crippen LogP contribution in [0.15, 0.2) is 0 Å². The number of alkyl halides is 1. The summed E-state index contributed by atoms with van der Waals surface area (Å²) in [5.41, 5.74) is 0. The summed E-state index contributed by atoms with van der Waals surface area (Å²) in [5.74, 6) is 0.886. The van der Waals surface area contributed by atoms with Gasteiger partial charge in [-0.1, -0.05) is 36.2 Å². The van der Waals surface area contributed by atoms with Gasteiger partial charge < -0.3 is 0 Å². The zero-order valence-corrected chi connectivity index (χ0v) is 8.19. The maximum absolute atomic E-state index is 8.59. The number of nitriles is 1. The Balaban J connectivity index is 3.54. The molecule has 0 bridgehead atoms. The lowest BCUT2D eigenvalue weighted by Gasteiger charge is -2.09. The Morgan fingerprint density at radius 1 is 1.60 bits per heavy atom. The van der Waals surface area contributed by atoms with Gasteiger partial charge in [0, 0.05) is 5.33 Å². The van der Waals surface area contributed by atoms with Crippen LogP contribution in [0.25, 0.3) is 0 Å². The normalized spacial score (nSPS) is 15.8. The lowest BCUT2D eigenvalue weighted by atomic mass is 9.97. The van der Waals surface area contributed by atoms with Crippen molar-refractivity contribution in [2.45, 2.75) is 26.7 Å². The number of halogens is 1. The summed E-state index contributed by atoms with van der Waals surface area (Å²) in [7, 11) is 0. The van der Waals surface area contributed by atoms with Crippen molar-refractivity contribution in [3.63, 3.8) is 0 Å². The second-order valence-electron chi connectivity index (χ2n) is 2.73. The smallest absolute Gasteiger partial charge is 0.0664 e. The van der Waals surface area contributed by atoms with Gasteiger partial charge in [0.2, 0.25) is 0 Å². The van der Waals surface area contributed by atoms with Gasteiger partial charge in [0.25, 0.3) is 0 Å². The molecule has 0 fully saturated rings. The summed E-state index contributed by atoms with van der Waals surface area (Å²) in [6.07, 6.45) is 2.20. The molecule has 0 saturated heterocycles. The van der Waals surface area contributed by atoms with E-state index in [0.29, 0.717) is 5.92 Å². The van der Waals surface area contributed by atoms with E-state index in [-0.39, 0.29) is 5.92 Å². The van der Waals surface area contributed by atoms with E-state index < -0.39 is 0 Å². The maximum Gasteiger partial charge on any atom is 0.0664 e. The standard InChI is InChI=1S/C8H14BrN/c1-3-7(2)4-8(5-9)6-10/h7-8H,3-5H2,1-2H3. The van der Waals surface area contributed by atoms with Crippen molar-refractivity contribution >= 4 is 15.9 Å². The van der Waals surface area contributed by atoms with E-state index in [0.717, 1.165) is 11.8 Å². The van der Waals surface area contributed by atoms with Crippen LogP contribution in [0.4, 0.5) is 0 Å². The first-order valence-electron chi connectivity index (χ1n) is 3.70. The van der Waals surface area contributed by atoms with Gasteiger partial charge in [-0.3, -0.25) is 0 Å². The van der Waals surface area contributed by atoms with Gasteiger partial charge >= 0.3 is 0 Å². The van der Waals surface area contributed by atoms with Gasteiger partial charge in [0.15, 0.2) is 0 Å². The molecule has 0 aliphatic heterocycles. The average molecular weight is 204 g/mol. The van der Waals surface area contributed by atoms with Gasteiger partial charge in [-0.15, -0.1) is 0 Å².